The van der Waals surface area contributed by atoms with Crippen LogP contribution in [-0.4, -0.2) is 68.1 Å². The SMILES string of the molecule is CC1(C)[C@H](CC(=O)/C(=N\OC(F)C(=O)O)c2csc(N)n2)C(=O)N1OCC(=O)O. The third-order valence-electron chi connectivity index (χ3n) is 4.04. The minimum atomic E-state index is -2.81. The van der Waals surface area contributed by atoms with Crippen molar-refractivity contribution in [1.82, 2.24) is 10.0 Å². The van der Waals surface area contributed by atoms with E-state index in [9.17, 15) is 23.6 Å². The van der Waals surface area contributed by atoms with E-state index >= 15 is 0 Å². The van der Waals surface area contributed by atoms with Gasteiger partial charge in [-0.3, -0.25) is 14.4 Å². The molecule has 1 aliphatic rings. The molecule has 2 rings (SSSR count). The van der Waals surface area contributed by atoms with Crippen molar-refractivity contribution in [2.45, 2.75) is 32.2 Å². The van der Waals surface area contributed by atoms with E-state index in [1.54, 1.807) is 13.8 Å². The molecule has 0 bridgehead atoms. The zero-order chi connectivity index (χ0) is 21.9. The number of hydrogen-bond donors (Lipinski definition) is 3. The normalized spacial score (nSPS) is 19.4. The third kappa shape index (κ3) is 4.83. The molecule has 158 valence electrons. The number of carbonyl (C=O) groups excluding carboxylic acids is 2. The van der Waals surface area contributed by atoms with Crippen molar-refractivity contribution in [2.24, 2.45) is 11.1 Å². The number of aromatic nitrogens is 1. The Balaban J connectivity index is 2.17. The number of alkyl halides is 1. The second kappa shape index (κ2) is 8.48. The number of nitrogen functional groups attached to an aromatic ring is 1. The second-order valence-corrected chi connectivity index (χ2v) is 7.29. The molecule has 2 atom stereocenters. The molecule has 0 aromatic carbocycles. The van der Waals surface area contributed by atoms with Gasteiger partial charge in [-0.2, -0.15) is 4.39 Å². The highest BCUT2D eigenvalue weighted by Gasteiger charge is 2.56. The molecule has 2 heterocycles. The number of oxime groups is 1. The fourth-order valence-corrected chi connectivity index (χ4v) is 3.10. The lowest BCUT2D eigenvalue weighted by atomic mass is 9.74. The number of carbonyl (C=O) groups is 4. The van der Waals surface area contributed by atoms with Crippen LogP contribution >= 0.6 is 11.3 Å². The van der Waals surface area contributed by atoms with E-state index in [0.717, 1.165) is 16.4 Å². The van der Waals surface area contributed by atoms with Gasteiger partial charge in [0, 0.05) is 11.8 Å². The standard InChI is InChI=1S/C15H17FN4O8S/c1-15(2)6(12(24)20(15)27-4-9(22)23)3-8(21)10(7-5-29-14(17)18-7)19-28-11(16)13(25)26/h5-6,11H,3-4H2,1-2H3,(H2,17,18)(H,22,23)(H,25,26)/b19-10-/t6-,11?/m1/s1. The number of hydroxylamine groups is 2. The van der Waals surface area contributed by atoms with Crippen LogP contribution in [0.2, 0.25) is 0 Å². The van der Waals surface area contributed by atoms with Crippen LogP contribution in [0.25, 0.3) is 0 Å². The molecule has 0 saturated carbocycles. The predicted molar refractivity (Wildman–Crippen MR) is 94.3 cm³/mol. The van der Waals surface area contributed by atoms with E-state index in [1.807, 2.05) is 0 Å². The maximum absolute atomic E-state index is 13.2. The van der Waals surface area contributed by atoms with Crippen molar-refractivity contribution in [3.8, 4) is 0 Å². The number of Topliss-reactive ketones (excluding diaryl/α,β-unsaturated/α-hetero) is 1. The van der Waals surface area contributed by atoms with Crippen LogP contribution < -0.4 is 5.73 Å². The van der Waals surface area contributed by atoms with E-state index in [-0.39, 0.29) is 10.8 Å². The average Bonchev–Trinajstić information content (AvgIpc) is 3.05. The van der Waals surface area contributed by atoms with Crippen molar-refractivity contribution >= 4 is 45.8 Å². The van der Waals surface area contributed by atoms with E-state index in [0.29, 0.717) is 0 Å². The summed E-state index contributed by atoms with van der Waals surface area (Å²) in [4.78, 5) is 59.0. The number of thiazole rings is 1. The molecule has 1 unspecified atom stereocenters. The highest BCUT2D eigenvalue weighted by molar-refractivity contribution is 7.13. The molecular formula is C15H17FN4O8S. The number of β-lactam (4-membered cyclic amide) rings is 1. The zero-order valence-corrected chi connectivity index (χ0v) is 16.0. The van der Waals surface area contributed by atoms with Gasteiger partial charge in [-0.05, 0) is 13.8 Å². The molecule has 0 radical (unpaired) electrons. The van der Waals surface area contributed by atoms with E-state index < -0.39 is 60.2 Å². The van der Waals surface area contributed by atoms with Gasteiger partial charge in [-0.25, -0.2) is 19.6 Å². The molecule has 12 nitrogen and oxygen atoms in total. The van der Waals surface area contributed by atoms with Crippen molar-refractivity contribution in [1.29, 1.82) is 0 Å². The van der Waals surface area contributed by atoms with Crippen LogP contribution in [0.5, 0.6) is 0 Å². The Morgan fingerprint density at radius 3 is 2.59 bits per heavy atom. The lowest BCUT2D eigenvalue weighted by Gasteiger charge is -2.51. The second-order valence-electron chi connectivity index (χ2n) is 6.40. The van der Waals surface area contributed by atoms with Gasteiger partial charge >= 0.3 is 18.3 Å². The van der Waals surface area contributed by atoms with Crippen LogP contribution in [0.4, 0.5) is 9.52 Å². The average molecular weight is 432 g/mol. The highest BCUT2D eigenvalue weighted by Crippen LogP contribution is 2.40. The summed E-state index contributed by atoms with van der Waals surface area (Å²) in [6, 6.07) is 0. The molecule has 1 aliphatic heterocycles. The fraction of sp³-hybridized carbons (Fsp3) is 0.467. The maximum atomic E-state index is 13.2. The van der Waals surface area contributed by atoms with Gasteiger partial charge in [0.1, 0.15) is 5.69 Å². The first-order valence-electron chi connectivity index (χ1n) is 7.99. The zero-order valence-electron chi connectivity index (χ0n) is 15.2. The largest absolute Gasteiger partial charge is 0.479 e. The molecule has 1 saturated heterocycles. The summed E-state index contributed by atoms with van der Waals surface area (Å²) in [5.41, 5.74) is 3.92. The number of amides is 1. The third-order valence-corrected chi connectivity index (χ3v) is 4.71. The number of halogens is 1. The van der Waals surface area contributed by atoms with Gasteiger partial charge < -0.3 is 20.8 Å². The number of hydrogen-bond acceptors (Lipinski definition) is 10. The van der Waals surface area contributed by atoms with Gasteiger partial charge in [0.25, 0.3) is 5.91 Å². The Morgan fingerprint density at radius 1 is 1.45 bits per heavy atom. The van der Waals surface area contributed by atoms with Gasteiger partial charge in [0.2, 0.25) is 0 Å². The van der Waals surface area contributed by atoms with Crippen molar-refractivity contribution in [3.63, 3.8) is 0 Å². The summed E-state index contributed by atoms with van der Waals surface area (Å²) in [6.45, 7) is 2.39. The number of aliphatic carboxylic acids is 2. The number of carboxylic acids is 2. The Hall–Kier alpha value is -3.13. The molecule has 1 amide bonds. The Labute approximate surface area is 166 Å². The number of anilines is 1. The van der Waals surface area contributed by atoms with E-state index in [1.165, 1.54) is 5.38 Å². The molecule has 0 aliphatic carbocycles. The van der Waals surface area contributed by atoms with Gasteiger partial charge in [0.05, 0.1) is 11.5 Å². The minimum Gasteiger partial charge on any atom is -0.479 e. The predicted octanol–water partition coefficient (Wildman–Crippen LogP) is 0.0386. The molecule has 1 fully saturated rings. The quantitative estimate of drug-likeness (QED) is 0.259. The summed E-state index contributed by atoms with van der Waals surface area (Å²) in [6.07, 6.45) is -3.22. The van der Waals surface area contributed by atoms with Gasteiger partial charge in [0.15, 0.2) is 23.2 Å². The Morgan fingerprint density at radius 2 is 2.10 bits per heavy atom. The lowest BCUT2D eigenvalue weighted by molar-refractivity contribution is -0.267. The molecule has 29 heavy (non-hydrogen) atoms. The number of nitrogens with zero attached hydrogens (tertiary/aromatic N) is 3. The van der Waals surface area contributed by atoms with Crippen LogP contribution in [0.1, 0.15) is 26.0 Å². The maximum Gasteiger partial charge on any atom is 0.381 e. The highest BCUT2D eigenvalue weighted by atomic mass is 32.1. The van der Waals surface area contributed by atoms with E-state index in [4.69, 9.17) is 20.8 Å². The fourth-order valence-electron chi connectivity index (χ4n) is 2.55. The van der Waals surface area contributed by atoms with Crippen LogP contribution in [0, 0.1) is 5.92 Å². The summed E-state index contributed by atoms with van der Waals surface area (Å²) in [5, 5.41) is 22.7. The number of rotatable bonds is 10. The van der Waals surface area contributed by atoms with Crippen molar-refractivity contribution < 1.29 is 43.5 Å². The van der Waals surface area contributed by atoms with Gasteiger partial charge in [-0.1, -0.05) is 5.16 Å². The monoisotopic (exact) mass is 432 g/mol. The summed E-state index contributed by atoms with van der Waals surface area (Å²) in [5.74, 6) is -5.53. The minimum absolute atomic E-state index is 0.0707. The molecule has 14 heteroatoms. The first-order chi connectivity index (χ1) is 13.4. The molecule has 1 aromatic heterocycles. The lowest BCUT2D eigenvalue weighted by Crippen LogP contribution is -2.68. The van der Waals surface area contributed by atoms with Crippen LogP contribution in [-0.2, 0) is 28.9 Å². The molecule has 0 spiro atoms. The summed E-state index contributed by atoms with van der Waals surface area (Å²) < 4.78 is 13.2. The Kier molecular flexibility index (Phi) is 6.48. The smallest absolute Gasteiger partial charge is 0.381 e. The first kappa shape index (κ1) is 22.2. The van der Waals surface area contributed by atoms with Gasteiger partial charge in [-0.15, -0.1) is 11.3 Å². The number of nitrogens with two attached hydrogens (primary N) is 1. The number of ketones is 1. The summed E-state index contributed by atoms with van der Waals surface area (Å²) >= 11 is 0.957. The molecular weight excluding hydrogens is 415 g/mol. The number of carboxylic acid groups (broad SMARTS) is 2. The van der Waals surface area contributed by atoms with Crippen LogP contribution in [0.15, 0.2) is 10.5 Å². The van der Waals surface area contributed by atoms with Crippen LogP contribution in [0.3, 0.4) is 0 Å². The van der Waals surface area contributed by atoms with Crippen molar-refractivity contribution in [2.75, 3.05) is 12.3 Å². The topological polar surface area (TPSA) is 182 Å². The Bertz CT molecular complexity index is 870. The molecule has 4 N–H and O–H groups in total. The first-order valence-corrected chi connectivity index (χ1v) is 8.87. The molecule has 1 aromatic rings. The van der Waals surface area contributed by atoms with E-state index in [2.05, 4.69) is 15.0 Å². The van der Waals surface area contributed by atoms with Crippen molar-refractivity contribution in [3.05, 3.63) is 11.1 Å². The summed E-state index contributed by atoms with van der Waals surface area (Å²) in [7, 11) is 0.